The summed E-state index contributed by atoms with van der Waals surface area (Å²) >= 11 is 1.51. The highest BCUT2D eigenvalue weighted by atomic mass is 32.1. The van der Waals surface area contributed by atoms with E-state index in [1.54, 1.807) is 6.20 Å². The maximum absolute atomic E-state index is 12.1. The summed E-state index contributed by atoms with van der Waals surface area (Å²) in [5, 5.41) is 5.51. The first kappa shape index (κ1) is 20.6. The third kappa shape index (κ3) is 5.01. The van der Waals surface area contributed by atoms with E-state index in [2.05, 4.69) is 10.3 Å². The number of benzene rings is 1. The van der Waals surface area contributed by atoms with E-state index in [1.807, 2.05) is 69.5 Å². The van der Waals surface area contributed by atoms with E-state index in [4.69, 9.17) is 14.0 Å². The quantitative estimate of drug-likeness (QED) is 0.740. The molecule has 0 atom stereocenters. The first-order valence-electron chi connectivity index (χ1n) is 9.17. The predicted octanol–water partition coefficient (Wildman–Crippen LogP) is 4.08. The highest BCUT2D eigenvalue weighted by molar-refractivity contribution is 7.10. The van der Waals surface area contributed by atoms with Crippen LogP contribution in [0.25, 0.3) is 6.08 Å². The lowest BCUT2D eigenvalue weighted by Crippen LogP contribution is -2.41. The molecular formula is C20H25BN2O4S. The van der Waals surface area contributed by atoms with Gasteiger partial charge in [0.2, 0.25) is 0 Å². The summed E-state index contributed by atoms with van der Waals surface area (Å²) in [4.78, 5) is 16.4. The summed E-state index contributed by atoms with van der Waals surface area (Å²) in [7, 11) is -0.566. The van der Waals surface area contributed by atoms with Crippen LogP contribution in [0.4, 0.5) is 4.79 Å². The third-order valence-corrected chi connectivity index (χ3v) is 5.69. The van der Waals surface area contributed by atoms with Crippen LogP contribution >= 0.6 is 11.3 Å². The third-order valence-electron chi connectivity index (χ3n) is 4.97. The van der Waals surface area contributed by atoms with Crippen LogP contribution in [0.3, 0.4) is 0 Å². The number of amides is 1. The van der Waals surface area contributed by atoms with E-state index in [1.165, 1.54) is 11.3 Å². The molecule has 0 spiro atoms. The van der Waals surface area contributed by atoms with E-state index < -0.39 is 24.4 Å². The molecule has 28 heavy (non-hydrogen) atoms. The molecule has 8 heteroatoms. The monoisotopic (exact) mass is 400 g/mol. The summed E-state index contributed by atoms with van der Waals surface area (Å²) in [5.41, 5.74) is 0.786. The van der Waals surface area contributed by atoms with Crippen LogP contribution in [-0.4, -0.2) is 35.9 Å². The molecule has 1 amide bonds. The summed E-state index contributed by atoms with van der Waals surface area (Å²) < 4.78 is 17.5. The van der Waals surface area contributed by atoms with Crippen LogP contribution in [0.2, 0.25) is 0 Å². The first-order valence-corrected chi connectivity index (χ1v) is 10.0. The van der Waals surface area contributed by atoms with Gasteiger partial charge in [-0.2, -0.15) is 0 Å². The minimum absolute atomic E-state index is 0.217. The van der Waals surface area contributed by atoms with Crippen LogP contribution in [0.1, 0.15) is 38.3 Å². The van der Waals surface area contributed by atoms with Gasteiger partial charge in [0.25, 0.3) is 0 Å². The molecule has 1 saturated heterocycles. The fourth-order valence-electron chi connectivity index (χ4n) is 2.61. The number of aromatic nitrogens is 1. The Morgan fingerprint density at radius 2 is 1.89 bits per heavy atom. The van der Waals surface area contributed by atoms with Crippen molar-refractivity contribution in [3.05, 3.63) is 58.0 Å². The molecule has 148 valence electrons. The molecule has 1 aliphatic heterocycles. The van der Waals surface area contributed by atoms with Gasteiger partial charge in [-0.05, 0) is 44.8 Å². The molecule has 0 saturated carbocycles. The Bertz CT molecular complexity index is 806. The number of hydrogen-bond acceptors (Lipinski definition) is 6. The second-order valence-electron chi connectivity index (χ2n) is 7.59. The highest BCUT2D eigenvalue weighted by Gasteiger charge is 2.52. The average molecular weight is 400 g/mol. The topological polar surface area (TPSA) is 69.7 Å². The van der Waals surface area contributed by atoms with Gasteiger partial charge in [-0.1, -0.05) is 30.3 Å². The Balaban J connectivity index is 1.64. The largest absolute Gasteiger partial charge is 0.492 e. The van der Waals surface area contributed by atoms with Crippen molar-refractivity contribution in [3.8, 4) is 0 Å². The zero-order valence-corrected chi connectivity index (χ0v) is 17.4. The Labute approximate surface area is 170 Å². The van der Waals surface area contributed by atoms with E-state index in [0.717, 1.165) is 16.0 Å². The minimum Gasteiger partial charge on any atom is -0.445 e. The van der Waals surface area contributed by atoms with Crippen LogP contribution in [0, 0.1) is 0 Å². The molecule has 6 nitrogen and oxygen atoms in total. The molecule has 0 bridgehead atoms. The van der Waals surface area contributed by atoms with E-state index in [0.29, 0.717) is 0 Å². The molecule has 3 rings (SSSR count). The molecule has 1 aliphatic rings. The van der Waals surface area contributed by atoms with Gasteiger partial charge in [0.1, 0.15) is 11.6 Å². The van der Waals surface area contributed by atoms with Crippen molar-refractivity contribution in [2.45, 2.75) is 45.5 Å². The molecule has 1 N–H and O–H groups in total. The fourth-order valence-corrected chi connectivity index (χ4v) is 3.21. The maximum atomic E-state index is 12.1. The van der Waals surface area contributed by atoms with Crippen LogP contribution in [0.15, 0.2) is 47.4 Å². The molecule has 2 heterocycles. The number of thiazole rings is 1. The minimum atomic E-state index is -0.566. The molecule has 1 aromatic heterocycles. The Kier molecular flexibility index (Phi) is 6.22. The Morgan fingerprint density at radius 3 is 2.50 bits per heavy atom. The number of nitrogens with zero attached hydrogens (tertiary/aromatic N) is 1. The molecule has 0 radical (unpaired) electrons. The first-order chi connectivity index (χ1) is 13.3. The van der Waals surface area contributed by atoms with E-state index in [-0.39, 0.29) is 13.2 Å². The Hall–Kier alpha value is -2.16. The van der Waals surface area contributed by atoms with Crippen molar-refractivity contribution >= 4 is 30.6 Å². The van der Waals surface area contributed by atoms with Gasteiger partial charge < -0.3 is 19.4 Å². The van der Waals surface area contributed by atoms with Crippen molar-refractivity contribution in [1.82, 2.24) is 10.3 Å². The van der Waals surface area contributed by atoms with Crippen molar-refractivity contribution in [3.63, 3.8) is 0 Å². The lowest BCUT2D eigenvalue weighted by molar-refractivity contribution is 0.00578. The lowest BCUT2D eigenvalue weighted by atomic mass is 9.77. The van der Waals surface area contributed by atoms with Crippen molar-refractivity contribution in [2.24, 2.45) is 0 Å². The van der Waals surface area contributed by atoms with Crippen molar-refractivity contribution < 1.29 is 18.8 Å². The fraction of sp³-hybridized carbons (Fsp3) is 0.400. The van der Waals surface area contributed by atoms with Gasteiger partial charge in [-0.25, -0.2) is 9.78 Å². The lowest BCUT2D eigenvalue weighted by Gasteiger charge is -2.32. The summed E-state index contributed by atoms with van der Waals surface area (Å²) in [6.07, 6.45) is 3.13. The van der Waals surface area contributed by atoms with Gasteiger partial charge in [-0.15, -0.1) is 11.3 Å². The van der Waals surface area contributed by atoms with Crippen molar-refractivity contribution in [1.29, 1.82) is 0 Å². The molecule has 0 unspecified atom stereocenters. The Morgan fingerprint density at radius 1 is 1.21 bits per heavy atom. The van der Waals surface area contributed by atoms with Gasteiger partial charge in [0.15, 0.2) is 0 Å². The zero-order valence-electron chi connectivity index (χ0n) is 16.6. The molecule has 2 aromatic rings. The normalized spacial score (nSPS) is 18.1. The maximum Gasteiger partial charge on any atom is 0.492 e. The van der Waals surface area contributed by atoms with Gasteiger partial charge in [0.05, 0.1) is 11.2 Å². The van der Waals surface area contributed by atoms with Crippen molar-refractivity contribution in [2.75, 3.05) is 6.54 Å². The second kappa shape index (κ2) is 8.47. The SMILES string of the molecule is CC1(C)OB(C(=Cc2nccs2)CNC(=O)OCc2ccccc2)OC1(C)C. The van der Waals surface area contributed by atoms with Gasteiger partial charge >= 0.3 is 13.2 Å². The second-order valence-corrected chi connectivity index (χ2v) is 8.52. The summed E-state index contributed by atoms with van der Waals surface area (Å²) in [5.74, 6) is 0. The standard InChI is InChI=1S/C20H25BN2O4S/c1-19(2)20(3,4)27-21(26-19)16(12-17-22-10-11-28-17)13-23-18(24)25-14-15-8-6-5-7-9-15/h5-12H,13-14H2,1-4H3,(H,23,24). The number of nitrogens with one attached hydrogen (secondary N) is 1. The number of carbonyl (C=O) groups is 1. The molecule has 0 aliphatic carbocycles. The predicted molar refractivity (Wildman–Crippen MR) is 111 cm³/mol. The summed E-state index contributed by atoms with van der Waals surface area (Å²) in [6.45, 7) is 8.44. The molecule has 1 aromatic carbocycles. The molecular weight excluding hydrogens is 375 g/mol. The summed E-state index contributed by atoms with van der Waals surface area (Å²) in [6, 6.07) is 9.55. The smallest absolute Gasteiger partial charge is 0.445 e. The van der Waals surface area contributed by atoms with Gasteiger partial charge in [0, 0.05) is 18.1 Å². The van der Waals surface area contributed by atoms with Crippen LogP contribution in [-0.2, 0) is 20.7 Å². The average Bonchev–Trinajstić information content (AvgIpc) is 3.23. The van der Waals surface area contributed by atoms with Gasteiger partial charge in [-0.3, -0.25) is 0 Å². The number of alkyl carbamates (subject to hydrolysis) is 1. The number of hydrogen-bond donors (Lipinski definition) is 1. The number of rotatable bonds is 6. The highest BCUT2D eigenvalue weighted by Crippen LogP contribution is 2.38. The number of carbonyl (C=O) groups excluding carboxylic acids is 1. The zero-order chi connectivity index (χ0) is 20.2. The van der Waals surface area contributed by atoms with Crippen LogP contribution < -0.4 is 5.32 Å². The van der Waals surface area contributed by atoms with E-state index >= 15 is 0 Å². The van der Waals surface area contributed by atoms with Crippen LogP contribution in [0.5, 0.6) is 0 Å². The number of ether oxygens (including phenoxy) is 1. The molecule has 1 fully saturated rings. The van der Waals surface area contributed by atoms with E-state index in [9.17, 15) is 4.79 Å².